The number of nitrogens with zero attached hydrogens (tertiary/aromatic N) is 1. The van der Waals surface area contributed by atoms with Crippen LogP contribution in [0.3, 0.4) is 0 Å². The summed E-state index contributed by atoms with van der Waals surface area (Å²) < 4.78 is 5.76. The molecule has 0 saturated heterocycles. The average Bonchev–Trinajstić information content (AvgIpc) is 3.50. The van der Waals surface area contributed by atoms with Gasteiger partial charge in [-0.2, -0.15) is 0 Å². The zero-order valence-corrected chi connectivity index (χ0v) is 18.1. The Morgan fingerprint density at radius 3 is 2.56 bits per heavy atom. The second kappa shape index (κ2) is 8.95. The van der Waals surface area contributed by atoms with Crippen LogP contribution in [0.25, 0.3) is 0 Å². The number of rotatable bonds is 5. The molecule has 0 bridgehead atoms. The summed E-state index contributed by atoms with van der Waals surface area (Å²) in [6, 6.07) is 19.2. The van der Waals surface area contributed by atoms with Crippen molar-refractivity contribution in [1.29, 1.82) is 0 Å². The molecule has 5 heteroatoms. The van der Waals surface area contributed by atoms with E-state index in [9.17, 15) is 0 Å². The van der Waals surface area contributed by atoms with E-state index in [0.717, 1.165) is 37.8 Å². The molecule has 1 heterocycles. The highest BCUT2D eigenvalue weighted by atomic mass is 127. The van der Waals surface area contributed by atoms with Gasteiger partial charge in [-0.15, -0.1) is 24.0 Å². The number of ether oxygens (including phenoxy) is 1. The predicted octanol–water partition coefficient (Wildman–Crippen LogP) is 4.07. The van der Waals surface area contributed by atoms with Gasteiger partial charge in [-0.25, -0.2) is 0 Å². The summed E-state index contributed by atoms with van der Waals surface area (Å²) in [5.74, 6) is 2.37. The Morgan fingerprint density at radius 1 is 1.07 bits per heavy atom. The minimum atomic E-state index is 0. The highest BCUT2D eigenvalue weighted by molar-refractivity contribution is 14.0. The maximum Gasteiger partial charge on any atom is 0.191 e. The van der Waals surface area contributed by atoms with Crippen molar-refractivity contribution in [3.63, 3.8) is 0 Å². The molecule has 27 heavy (non-hydrogen) atoms. The van der Waals surface area contributed by atoms with E-state index in [2.05, 4.69) is 64.2 Å². The van der Waals surface area contributed by atoms with Crippen LogP contribution in [0.1, 0.15) is 36.3 Å². The summed E-state index contributed by atoms with van der Waals surface area (Å²) in [5.41, 5.74) is 3.01. The second-order valence-corrected chi connectivity index (χ2v) is 7.32. The molecule has 0 radical (unpaired) electrons. The Hall–Kier alpha value is -1.76. The molecule has 4 rings (SSSR count). The number of nitrogens with one attached hydrogen (secondary N) is 2. The normalized spacial score (nSPS) is 19.9. The SMILES string of the molecule is CN=C(NCC1CCOc2ccccc21)NCC1(c2ccccc2)CC1.I. The first-order valence-electron chi connectivity index (χ1n) is 9.52. The molecule has 1 atom stereocenters. The molecule has 1 fully saturated rings. The fraction of sp³-hybridized carbons (Fsp3) is 0.409. The van der Waals surface area contributed by atoms with Gasteiger partial charge in [0.25, 0.3) is 0 Å². The maximum atomic E-state index is 5.76. The summed E-state index contributed by atoms with van der Waals surface area (Å²) in [6.45, 7) is 2.59. The van der Waals surface area contributed by atoms with E-state index in [1.807, 2.05) is 13.1 Å². The van der Waals surface area contributed by atoms with Crippen molar-refractivity contribution in [2.24, 2.45) is 4.99 Å². The second-order valence-electron chi connectivity index (χ2n) is 7.32. The molecule has 1 aliphatic heterocycles. The van der Waals surface area contributed by atoms with Crippen molar-refractivity contribution < 1.29 is 4.74 Å². The summed E-state index contributed by atoms with van der Waals surface area (Å²) in [4.78, 5) is 4.42. The first-order valence-corrected chi connectivity index (χ1v) is 9.52. The van der Waals surface area contributed by atoms with E-state index >= 15 is 0 Å². The van der Waals surface area contributed by atoms with Crippen molar-refractivity contribution >= 4 is 29.9 Å². The zero-order chi connectivity index (χ0) is 17.8. The first-order chi connectivity index (χ1) is 12.8. The van der Waals surface area contributed by atoms with Gasteiger partial charge < -0.3 is 15.4 Å². The van der Waals surface area contributed by atoms with Crippen molar-refractivity contribution in [3.05, 3.63) is 65.7 Å². The van der Waals surface area contributed by atoms with Crippen LogP contribution in [-0.2, 0) is 5.41 Å². The van der Waals surface area contributed by atoms with Crippen LogP contribution in [0, 0.1) is 0 Å². The van der Waals surface area contributed by atoms with Gasteiger partial charge in [0, 0.05) is 31.5 Å². The summed E-state index contributed by atoms with van der Waals surface area (Å²) in [6.07, 6.45) is 3.53. The zero-order valence-electron chi connectivity index (χ0n) is 15.8. The molecule has 0 spiro atoms. The summed E-state index contributed by atoms with van der Waals surface area (Å²) >= 11 is 0. The molecule has 2 N–H and O–H groups in total. The fourth-order valence-electron chi connectivity index (χ4n) is 3.83. The Labute approximate surface area is 178 Å². The van der Waals surface area contributed by atoms with E-state index < -0.39 is 0 Å². The quantitative estimate of drug-likeness (QED) is 0.388. The molecule has 0 aromatic heterocycles. The Balaban J connectivity index is 0.00000210. The molecule has 1 aliphatic carbocycles. The monoisotopic (exact) mass is 477 g/mol. The molecule has 2 aromatic carbocycles. The van der Waals surface area contributed by atoms with E-state index in [4.69, 9.17) is 4.74 Å². The number of fused-ring (bicyclic) bond motifs is 1. The molecular formula is C22H28IN3O. The van der Waals surface area contributed by atoms with E-state index in [1.54, 1.807) is 0 Å². The number of halogens is 1. The summed E-state index contributed by atoms with van der Waals surface area (Å²) in [7, 11) is 1.84. The Bertz CT molecular complexity index is 774. The lowest BCUT2D eigenvalue weighted by molar-refractivity contribution is 0.267. The van der Waals surface area contributed by atoms with E-state index in [-0.39, 0.29) is 29.4 Å². The van der Waals surface area contributed by atoms with Crippen molar-refractivity contribution in [2.45, 2.75) is 30.6 Å². The highest BCUT2D eigenvalue weighted by Crippen LogP contribution is 2.47. The highest BCUT2D eigenvalue weighted by Gasteiger charge is 2.44. The van der Waals surface area contributed by atoms with Gasteiger partial charge in [0.2, 0.25) is 0 Å². The van der Waals surface area contributed by atoms with Crippen LogP contribution >= 0.6 is 24.0 Å². The van der Waals surface area contributed by atoms with Gasteiger partial charge in [-0.3, -0.25) is 4.99 Å². The maximum absolute atomic E-state index is 5.76. The van der Waals surface area contributed by atoms with Crippen LogP contribution < -0.4 is 15.4 Å². The van der Waals surface area contributed by atoms with E-state index in [1.165, 1.54) is 24.0 Å². The molecule has 1 unspecified atom stereocenters. The third-order valence-electron chi connectivity index (χ3n) is 5.66. The van der Waals surface area contributed by atoms with Crippen LogP contribution in [0.4, 0.5) is 0 Å². The molecular weight excluding hydrogens is 449 g/mol. The Morgan fingerprint density at radius 2 is 1.81 bits per heavy atom. The fourth-order valence-corrected chi connectivity index (χ4v) is 3.83. The number of benzene rings is 2. The van der Waals surface area contributed by atoms with Crippen LogP contribution in [0.5, 0.6) is 5.75 Å². The molecule has 2 aliphatic rings. The molecule has 0 amide bonds. The van der Waals surface area contributed by atoms with Crippen molar-refractivity contribution in [2.75, 3.05) is 26.7 Å². The Kier molecular flexibility index (Phi) is 6.63. The largest absolute Gasteiger partial charge is 0.493 e. The van der Waals surface area contributed by atoms with Crippen molar-refractivity contribution in [3.8, 4) is 5.75 Å². The molecule has 2 aromatic rings. The minimum absolute atomic E-state index is 0. The average molecular weight is 477 g/mol. The standard InChI is InChI=1S/C22H27N3O.HI/c1-23-21(25-16-22(12-13-22)18-7-3-2-4-8-18)24-15-17-11-14-26-20-10-6-5-9-19(17)20;/h2-10,17H,11-16H2,1H3,(H2,23,24,25);1H. The van der Waals surface area contributed by atoms with Gasteiger partial charge in [0.05, 0.1) is 6.61 Å². The number of aliphatic imine (C=N–C) groups is 1. The molecule has 4 nitrogen and oxygen atoms in total. The third kappa shape index (κ3) is 4.57. The van der Waals surface area contributed by atoms with Gasteiger partial charge in [-0.05, 0) is 36.5 Å². The third-order valence-corrected chi connectivity index (χ3v) is 5.66. The van der Waals surface area contributed by atoms with Crippen molar-refractivity contribution in [1.82, 2.24) is 10.6 Å². The summed E-state index contributed by atoms with van der Waals surface area (Å²) in [5, 5.41) is 7.06. The van der Waals surface area contributed by atoms with Gasteiger partial charge in [-0.1, -0.05) is 48.5 Å². The lowest BCUT2D eigenvalue weighted by atomic mass is 9.93. The van der Waals surface area contributed by atoms with Crippen LogP contribution in [0.15, 0.2) is 59.6 Å². The molecule has 1 saturated carbocycles. The smallest absolute Gasteiger partial charge is 0.191 e. The van der Waals surface area contributed by atoms with Gasteiger partial charge >= 0.3 is 0 Å². The number of hydrogen-bond acceptors (Lipinski definition) is 2. The van der Waals surface area contributed by atoms with Crippen LogP contribution in [0.2, 0.25) is 0 Å². The van der Waals surface area contributed by atoms with Gasteiger partial charge in [0.15, 0.2) is 5.96 Å². The lowest BCUT2D eigenvalue weighted by Crippen LogP contribution is -2.43. The predicted molar refractivity (Wildman–Crippen MR) is 121 cm³/mol. The molecule has 144 valence electrons. The van der Waals surface area contributed by atoms with E-state index in [0.29, 0.717) is 5.92 Å². The number of guanidine groups is 1. The first kappa shape index (κ1) is 20.0. The lowest BCUT2D eigenvalue weighted by Gasteiger charge is -2.27. The topological polar surface area (TPSA) is 45.7 Å². The number of para-hydroxylation sites is 1. The minimum Gasteiger partial charge on any atom is -0.493 e. The number of hydrogen-bond donors (Lipinski definition) is 2. The van der Waals surface area contributed by atoms with Gasteiger partial charge in [0.1, 0.15) is 5.75 Å². The van der Waals surface area contributed by atoms with Crippen LogP contribution in [-0.4, -0.2) is 32.7 Å².